The Balaban J connectivity index is 1.76. The van der Waals surface area contributed by atoms with Crippen LogP contribution in [0.4, 0.5) is 0 Å². The number of aromatic hydroxyl groups is 1. The van der Waals surface area contributed by atoms with Gasteiger partial charge in [0.1, 0.15) is 11.5 Å². The highest BCUT2D eigenvalue weighted by atomic mass is 16.5. The zero-order chi connectivity index (χ0) is 31.2. The zero-order valence-corrected chi connectivity index (χ0v) is 25.4. The third-order valence-electron chi connectivity index (χ3n) is 7.19. The summed E-state index contributed by atoms with van der Waals surface area (Å²) in [7, 11) is 1.61. The first-order valence-corrected chi connectivity index (χ1v) is 14.9. The fourth-order valence-electron chi connectivity index (χ4n) is 4.93. The molecule has 0 aliphatic carbocycles. The van der Waals surface area contributed by atoms with Gasteiger partial charge in [0.15, 0.2) is 0 Å². The standard InChI is InChI=1S/C34H45N3O6/c1-4-14-37(15-5-6-16-38)34(42)28-18-24(2)17-27(21-28)33(41)36-31(20-25-10-12-29(39)13-11-25)32(40)23-35-22-26-8-7-9-30(19-26)43-3/h7-13,17-19,21,31-32,35,38-40H,4-6,14-16,20,22-23H2,1-3H3,(H,36,41)/t31-,32?/m0/s1. The Morgan fingerprint density at radius 1 is 0.953 bits per heavy atom. The fourth-order valence-corrected chi connectivity index (χ4v) is 4.93. The van der Waals surface area contributed by atoms with Crippen LogP contribution < -0.4 is 15.4 Å². The van der Waals surface area contributed by atoms with Crippen molar-refractivity contribution in [1.82, 2.24) is 15.5 Å². The molecule has 0 aliphatic rings. The monoisotopic (exact) mass is 591 g/mol. The van der Waals surface area contributed by atoms with Gasteiger partial charge in [-0.05, 0) is 91.8 Å². The maximum atomic E-state index is 13.6. The molecule has 2 amide bonds. The van der Waals surface area contributed by atoms with Gasteiger partial charge in [-0.3, -0.25) is 9.59 Å². The Bertz CT molecular complexity index is 1310. The van der Waals surface area contributed by atoms with Crippen LogP contribution in [-0.2, 0) is 13.0 Å². The molecule has 5 N–H and O–H groups in total. The van der Waals surface area contributed by atoms with Gasteiger partial charge in [0.2, 0.25) is 0 Å². The quantitative estimate of drug-likeness (QED) is 0.151. The summed E-state index contributed by atoms with van der Waals surface area (Å²) in [6.45, 7) is 5.77. The lowest BCUT2D eigenvalue weighted by molar-refractivity contribution is 0.0749. The summed E-state index contributed by atoms with van der Waals surface area (Å²) in [5.74, 6) is 0.335. The molecule has 0 saturated carbocycles. The van der Waals surface area contributed by atoms with Gasteiger partial charge in [0.05, 0.1) is 19.3 Å². The van der Waals surface area contributed by atoms with Gasteiger partial charge in [0.25, 0.3) is 11.8 Å². The minimum absolute atomic E-state index is 0.0800. The number of ether oxygens (including phenoxy) is 1. The number of benzene rings is 3. The summed E-state index contributed by atoms with van der Waals surface area (Å²) >= 11 is 0. The largest absolute Gasteiger partial charge is 0.508 e. The molecule has 2 atom stereocenters. The maximum Gasteiger partial charge on any atom is 0.253 e. The van der Waals surface area contributed by atoms with Crippen LogP contribution in [0, 0.1) is 6.92 Å². The molecule has 0 radical (unpaired) electrons. The maximum absolute atomic E-state index is 13.6. The predicted molar refractivity (Wildman–Crippen MR) is 167 cm³/mol. The second kappa shape index (κ2) is 17.3. The lowest BCUT2D eigenvalue weighted by Gasteiger charge is -2.25. The molecule has 0 heterocycles. The molecule has 0 aromatic heterocycles. The number of amides is 2. The van der Waals surface area contributed by atoms with Crippen molar-refractivity contribution in [3.63, 3.8) is 0 Å². The zero-order valence-electron chi connectivity index (χ0n) is 25.4. The first-order chi connectivity index (χ1) is 20.7. The highest BCUT2D eigenvalue weighted by Gasteiger charge is 2.24. The lowest BCUT2D eigenvalue weighted by atomic mass is 9.99. The Morgan fingerprint density at radius 2 is 1.70 bits per heavy atom. The number of aryl methyl sites for hydroxylation is 1. The van der Waals surface area contributed by atoms with E-state index in [4.69, 9.17) is 9.84 Å². The number of aliphatic hydroxyl groups excluding tert-OH is 2. The number of nitrogens with zero attached hydrogens (tertiary/aromatic N) is 1. The van der Waals surface area contributed by atoms with E-state index in [1.165, 1.54) is 0 Å². The van der Waals surface area contributed by atoms with E-state index in [1.54, 1.807) is 54.5 Å². The number of methoxy groups -OCH3 is 1. The molecule has 232 valence electrons. The SMILES string of the molecule is CCCN(CCCCO)C(=O)c1cc(C)cc(C(=O)N[C@@H](Cc2ccc(O)cc2)C(O)CNCc2cccc(OC)c2)c1. The van der Waals surface area contributed by atoms with Crippen LogP contribution in [-0.4, -0.2) is 77.5 Å². The van der Waals surface area contributed by atoms with E-state index in [-0.39, 0.29) is 24.8 Å². The predicted octanol–water partition coefficient (Wildman–Crippen LogP) is 3.83. The minimum atomic E-state index is -0.930. The number of carbonyl (C=O) groups excluding carboxylic acids is 2. The molecule has 3 rings (SSSR count). The fraction of sp³-hybridized carbons (Fsp3) is 0.412. The van der Waals surface area contributed by atoms with Gasteiger partial charge >= 0.3 is 0 Å². The molecule has 0 aliphatic heterocycles. The minimum Gasteiger partial charge on any atom is -0.508 e. The molecule has 3 aromatic carbocycles. The van der Waals surface area contributed by atoms with E-state index in [0.717, 1.165) is 28.9 Å². The number of hydrogen-bond acceptors (Lipinski definition) is 7. The highest BCUT2D eigenvalue weighted by molar-refractivity contribution is 6.00. The number of carbonyl (C=O) groups is 2. The van der Waals surface area contributed by atoms with Crippen molar-refractivity contribution in [2.45, 2.75) is 58.2 Å². The van der Waals surface area contributed by atoms with Crippen LogP contribution in [0.2, 0.25) is 0 Å². The van der Waals surface area contributed by atoms with Crippen LogP contribution in [0.5, 0.6) is 11.5 Å². The third kappa shape index (κ3) is 10.7. The average Bonchev–Trinajstić information content (AvgIpc) is 3.00. The van der Waals surface area contributed by atoms with Gasteiger partial charge in [-0.1, -0.05) is 31.2 Å². The van der Waals surface area contributed by atoms with Crippen molar-refractivity contribution >= 4 is 11.8 Å². The lowest BCUT2D eigenvalue weighted by Crippen LogP contribution is -2.48. The number of phenols is 1. The number of phenolic OH excluding ortho intramolecular Hbond substituents is 1. The van der Waals surface area contributed by atoms with Gasteiger partial charge in [-0.25, -0.2) is 0 Å². The van der Waals surface area contributed by atoms with E-state index < -0.39 is 18.1 Å². The van der Waals surface area contributed by atoms with Gasteiger partial charge in [-0.15, -0.1) is 0 Å². The van der Waals surface area contributed by atoms with E-state index >= 15 is 0 Å². The van der Waals surface area contributed by atoms with Gasteiger partial charge in [-0.2, -0.15) is 0 Å². The Morgan fingerprint density at radius 3 is 2.40 bits per heavy atom. The number of rotatable bonds is 17. The topological polar surface area (TPSA) is 131 Å². The summed E-state index contributed by atoms with van der Waals surface area (Å²) < 4.78 is 5.28. The molecule has 0 fully saturated rings. The van der Waals surface area contributed by atoms with Crippen molar-refractivity contribution < 1.29 is 29.6 Å². The average molecular weight is 592 g/mol. The Hall–Kier alpha value is -3.92. The molecule has 9 heteroatoms. The van der Waals surface area contributed by atoms with Crippen molar-refractivity contribution in [3.8, 4) is 11.5 Å². The van der Waals surface area contributed by atoms with Crippen LogP contribution in [0.25, 0.3) is 0 Å². The van der Waals surface area contributed by atoms with Crippen molar-refractivity contribution in [1.29, 1.82) is 0 Å². The summed E-state index contributed by atoms with van der Waals surface area (Å²) in [6.07, 6.45) is 1.52. The second-order valence-corrected chi connectivity index (χ2v) is 10.8. The summed E-state index contributed by atoms with van der Waals surface area (Å²) in [4.78, 5) is 28.7. The smallest absolute Gasteiger partial charge is 0.253 e. The van der Waals surface area contributed by atoms with E-state index in [9.17, 15) is 19.8 Å². The summed E-state index contributed by atoms with van der Waals surface area (Å²) in [5, 5.41) is 36.3. The van der Waals surface area contributed by atoms with Gasteiger partial charge < -0.3 is 35.6 Å². The number of aliphatic hydroxyl groups is 2. The summed E-state index contributed by atoms with van der Waals surface area (Å²) in [5.41, 5.74) is 3.38. The molecule has 0 bridgehead atoms. The number of nitrogens with one attached hydrogen (secondary N) is 2. The third-order valence-corrected chi connectivity index (χ3v) is 7.19. The van der Waals surface area contributed by atoms with Crippen LogP contribution >= 0.6 is 0 Å². The Kier molecular flexibility index (Phi) is 13.5. The molecule has 3 aromatic rings. The van der Waals surface area contributed by atoms with Crippen LogP contribution in [0.3, 0.4) is 0 Å². The molecule has 9 nitrogen and oxygen atoms in total. The van der Waals surface area contributed by atoms with Crippen molar-refractivity contribution in [2.75, 3.05) is 33.4 Å². The highest BCUT2D eigenvalue weighted by Crippen LogP contribution is 2.17. The molecule has 0 spiro atoms. The van der Waals surface area contributed by atoms with E-state index in [2.05, 4.69) is 10.6 Å². The van der Waals surface area contributed by atoms with E-state index in [1.807, 2.05) is 38.1 Å². The molecular weight excluding hydrogens is 546 g/mol. The van der Waals surface area contributed by atoms with Crippen LogP contribution in [0.1, 0.15) is 63.6 Å². The summed E-state index contributed by atoms with van der Waals surface area (Å²) in [6, 6.07) is 18.8. The molecular formula is C34H45N3O6. The first kappa shape index (κ1) is 33.6. The van der Waals surface area contributed by atoms with Crippen LogP contribution in [0.15, 0.2) is 66.7 Å². The normalized spacial score (nSPS) is 12.4. The van der Waals surface area contributed by atoms with E-state index in [0.29, 0.717) is 50.0 Å². The van der Waals surface area contributed by atoms with Crippen molar-refractivity contribution in [2.24, 2.45) is 0 Å². The first-order valence-electron chi connectivity index (χ1n) is 14.9. The number of hydrogen-bond donors (Lipinski definition) is 5. The molecule has 0 saturated heterocycles. The Labute approximate surface area is 254 Å². The van der Waals surface area contributed by atoms with Gasteiger partial charge in [0, 0.05) is 43.9 Å². The number of unbranched alkanes of at least 4 members (excludes halogenated alkanes) is 1. The molecule has 43 heavy (non-hydrogen) atoms. The van der Waals surface area contributed by atoms with Crippen molar-refractivity contribution in [3.05, 3.63) is 94.5 Å². The molecule has 1 unspecified atom stereocenters. The second-order valence-electron chi connectivity index (χ2n) is 10.8.